The molecule has 1 nitrogen and oxygen atoms in total. The Hall–Kier alpha value is -0.570. The predicted molar refractivity (Wildman–Crippen MR) is 45.6 cm³/mol. The molecule has 0 aromatic heterocycles. The maximum atomic E-state index is 11.6. The summed E-state index contributed by atoms with van der Waals surface area (Å²) in [4.78, 5) is 0. The van der Waals surface area contributed by atoms with E-state index in [4.69, 9.17) is 4.74 Å². The van der Waals surface area contributed by atoms with Crippen molar-refractivity contribution in [2.24, 2.45) is 0 Å². The van der Waals surface area contributed by atoms with Gasteiger partial charge in [0.25, 0.3) is 0 Å². The highest BCUT2D eigenvalue weighted by molar-refractivity contribution is 9.10. The minimum atomic E-state index is -0.448. The van der Waals surface area contributed by atoms with Crippen LogP contribution in [0.1, 0.15) is 0 Å². The lowest BCUT2D eigenvalue weighted by molar-refractivity contribution is 0.273. The van der Waals surface area contributed by atoms with E-state index in [1.165, 1.54) is 0 Å². The number of benzene rings is 1. The van der Waals surface area contributed by atoms with Crippen LogP contribution in [0.3, 0.4) is 0 Å². The van der Waals surface area contributed by atoms with Gasteiger partial charge in [-0.15, -0.1) is 0 Å². The molecule has 0 amide bonds. The second kappa shape index (κ2) is 4.34. The molecule has 1 aromatic rings. The predicted octanol–water partition coefficient (Wildman–Crippen LogP) is 2.80. The minimum Gasteiger partial charge on any atom is -0.491 e. The first kappa shape index (κ1) is 8.53. The van der Waals surface area contributed by atoms with Gasteiger partial charge in [-0.3, -0.25) is 0 Å². The lowest BCUT2D eigenvalue weighted by Gasteiger charge is -2.01. The van der Waals surface area contributed by atoms with Gasteiger partial charge in [-0.2, -0.15) is 0 Å². The Kier molecular flexibility index (Phi) is 3.36. The van der Waals surface area contributed by atoms with Crippen LogP contribution >= 0.6 is 15.9 Å². The van der Waals surface area contributed by atoms with Gasteiger partial charge in [0, 0.05) is 4.47 Å². The largest absolute Gasteiger partial charge is 0.491 e. The van der Waals surface area contributed by atoms with Crippen molar-refractivity contribution in [3.05, 3.63) is 28.7 Å². The summed E-state index contributed by atoms with van der Waals surface area (Å²) in [5.74, 6) is 0.700. The molecule has 3 heteroatoms. The number of rotatable bonds is 3. The van der Waals surface area contributed by atoms with Crippen LogP contribution in [0.4, 0.5) is 4.39 Å². The Morgan fingerprint density at radius 2 is 1.91 bits per heavy atom. The molecule has 1 rings (SSSR count). The van der Waals surface area contributed by atoms with Crippen LogP contribution in [0.5, 0.6) is 5.75 Å². The van der Waals surface area contributed by atoms with Crippen LogP contribution in [0.25, 0.3) is 0 Å². The molecular weight excluding hydrogens is 211 g/mol. The van der Waals surface area contributed by atoms with Crippen LogP contribution in [0.2, 0.25) is 0 Å². The van der Waals surface area contributed by atoms with E-state index < -0.39 is 6.67 Å². The van der Waals surface area contributed by atoms with Gasteiger partial charge in [0.05, 0.1) is 0 Å². The van der Waals surface area contributed by atoms with Gasteiger partial charge in [0.2, 0.25) is 0 Å². The van der Waals surface area contributed by atoms with Gasteiger partial charge in [-0.05, 0) is 24.3 Å². The van der Waals surface area contributed by atoms with Gasteiger partial charge in [-0.25, -0.2) is 4.39 Å². The second-order valence-electron chi connectivity index (χ2n) is 1.99. The summed E-state index contributed by atoms with van der Waals surface area (Å²) in [6.07, 6.45) is 0. The zero-order chi connectivity index (χ0) is 8.10. The molecule has 0 aliphatic rings. The topological polar surface area (TPSA) is 9.23 Å². The average Bonchev–Trinajstić information content (AvgIpc) is 2.04. The van der Waals surface area contributed by atoms with Gasteiger partial charge in [0.15, 0.2) is 0 Å². The molecule has 11 heavy (non-hydrogen) atoms. The Bertz CT molecular complexity index is 210. The summed E-state index contributed by atoms with van der Waals surface area (Å²) in [5.41, 5.74) is 0. The zero-order valence-electron chi connectivity index (χ0n) is 5.89. The van der Waals surface area contributed by atoms with Crippen molar-refractivity contribution in [2.45, 2.75) is 0 Å². The summed E-state index contributed by atoms with van der Waals surface area (Å²) >= 11 is 3.28. The first-order chi connectivity index (χ1) is 5.33. The number of hydrogen-bond donors (Lipinski definition) is 0. The van der Waals surface area contributed by atoms with Gasteiger partial charge >= 0.3 is 0 Å². The van der Waals surface area contributed by atoms with Crippen LogP contribution in [-0.4, -0.2) is 13.3 Å². The quantitative estimate of drug-likeness (QED) is 0.759. The standard InChI is InChI=1S/C8H8BrFO/c9-7-1-3-8(4-2-7)11-6-5-10/h1-4H,5-6H2. The monoisotopic (exact) mass is 218 g/mol. The number of halogens is 2. The molecule has 0 heterocycles. The smallest absolute Gasteiger partial charge is 0.123 e. The van der Waals surface area contributed by atoms with Crippen molar-refractivity contribution < 1.29 is 9.13 Å². The van der Waals surface area contributed by atoms with Crippen LogP contribution in [-0.2, 0) is 0 Å². The second-order valence-corrected chi connectivity index (χ2v) is 2.91. The Morgan fingerprint density at radius 1 is 1.27 bits per heavy atom. The summed E-state index contributed by atoms with van der Waals surface area (Å²) < 4.78 is 17.6. The Labute approximate surface area is 73.3 Å². The van der Waals surface area contributed by atoms with E-state index in [1.54, 1.807) is 12.1 Å². The fourth-order valence-corrected chi connectivity index (χ4v) is 0.952. The van der Waals surface area contributed by atoms with Crippen molar-refractivity contribution >= 4 is 15.9 Å². The molecular formula is C8H8BrFO. The normalized spacial score (nSPS) is 9.64. The summed E-state index contributed by atoms with van der Waals surface area (Å²) in [7, 11) is 0. The third-order valence-corrected chi connectivity index (χ3v) is 1.69. The summed E-state index contributed by atoms with van der Waals surface area (Å²) in [6.45, 7) is -0.322. The van der Waals surface area contributed by atoms with E-state index in [0.717, 1.165) is 4.47 Å². The number of hydrogen-bond acceptors (Lipinski definition) is 1. The first-order valence-corrected chi connectivity index (χ1v) is 4.06. The molecule has 60 valence electrons. The zero-order valence-corrected chi connectivity index (χ0v) is 7.47. The molecule has 0 unspecified atom stereocenters. The van der Waals surface area contributed by atoms with E-state index in [2.05, 4.69) is 15.9 Å². The van der Waals surface area contributed by atoms with E-state index in [0.29, 0.717) is 5.75 Å². The van der Waals surface area contributed by atoms with E-state index in [1.807, 2.05) is 12.1 Å². The van der Waals surface area contributed by atoms with Crippen LogP contribution < -0.4 is 4.74 Å². The molecule has 0 aliphatic carbocycles. The Balaban J connectivity index is 2.52. The third-order valence-electron chi connectivity index (χ3n) is 1.16. The van der Waals surface area contributed by atoms with E-state index in [9.17, 15) is 4.39 Å². The van der Waals surface area contributed by atoms with Crippen LogP contribution in [0.15, 0.2) is 28.7 Å². The third kappa shape index (κ3) is 2.89. The maximum Gasteiger partial charge on any atom is 0.123 e. The highest BCUT2D eigenvalue weighted by atomic mass is 79.9. The van der Waals surface area contributed by atoms with Crippen molar-refractivity contribution in [1.82, 2.24) is 0 Å². The Morgan fingerprint density at radius 3 is 2.45 bits per heavy atom. The fourth-order valence-electron chi connectivity index (χ4n) is 0.687. The molecule has 0 radical (unpaired) electrons. The van der Waals surface area contributed by atoms with Crippen LogP contribution in [0, 0.1) is 0 Å². The molecule has 0 N–H and O–H groups in total. The average molecular weight is 219 g/mol. The summed E-state index contributed by atoms with van der Waals surface area (Å²) in [5, 5.41) is 0. The molecule has 0 fully saturated rings. The van der Waals surface area contributed by atoms with Gasteiger partial charge in [0.1, 0.15) is 19.0 Å². The van der Waals surface area contributed by atoms with Crippen molar-refractivity contribution in [3.63, 3.8) is 0 Å². The molecule has 0 saturated heterocycles. The van der Waals surface area contributed by atoms with Crippen molar-refractivity contribution in [1.29, 1.82) is 0 Å². The van der Waals surface area contributed by atoms with Gasteiger partial charge < -0.3 is 4.74 Å². The minimum absolute atomic E-state index is 0.127. The summed E-state index contributed by atoms with van der Waals surface area (Å²) in [6, 6.07) is 7.29. The lowest BCUT2D eigenvalue weighted by atomic mass is 10.3. The van der Waals surface area contributed by atoms with Crippen molar-refractivity contribution in [2.75, 3.05) is 13.3 Å². The highest BCUT2D eigenvalue weighted by Crippen LogP contribution is 2.15. The van der Waals surface area contributed by atoms with E-state index in [-0.39, 0.29) is 6.61 Å². The lowest BCUT2D eigenvalue weighted by Crippen LogP contribution is -1.97. The maximum absolute atomic E-state index is 11.6. The fraction of sp³-hybridized carbons (Fsp3) is 0.250. The van der Waals surface area contributed by atoms with E-state index >= 15 is 0 Å². The molecule has 1 aromatic carbocycles. The van der Waals surface area contributed by atoms with Crippen molar-refractivity contribution in [3.8, 4) is 5.75 Å². The molecule has 0 bridgehead atoms. The first-order valence-electron chi connectivity index (χ1n) is 3.27. The molecule has 0 spiro atoms. The molecule has 0 saturated carbocycles. The highest BCUT2D eigenvalue weighted by Gasteiger charge is 1.91. The number of ether oxygens (including phenoxy) is 1. The van der Waals surface area contributed by atoms with Gasteiger partial charge in [-0.1, -0.05) is 15.9 Å². The molecule has 0 atom stereocenters. The SMILES string of the molecule is FCCOc1ccc(Br)cc1. The number of alkyl halides is 1. The molecule has 0 aliphatic heterocycles.